The molecule has 2 aromatic rings. The SMILES string of the molecule is Cc1n[nH]c(C)c1CCC(=O)N/N=C\c1ccc(Cl)cc1Cl. The Kier molecular flexibility index (Phi) is 5.57. The summed E-state index contributed by atoms with van der Waals surface area (Å²) in [6, 6.07) is 5.07. The van der Waals surface area contributed by atoms with Crippen LogP contribution in [0.5, 0.6) is 0 Å². The molecule has 0 bridgehead atoms. The van der Waals surface area contributed by atoms with Gasteiger partial charge in [0.15, 0.2) is 0 Å². The highest BCUT2D eigenvalue weighted by Crippen LogP contribution is 2.19. The minimum atomic E-state index is -0.165. The van der Waals surface area contributed by atoms with Gasteiger partial charge in [0, 0.05) is 22.7 Å². The van der Waals surface area contributed by atoms with Gasteiger partial charge in [0.2, 0.25) is 5.91 Å². The Labute approximate surface area is 138 Å². The van der Waals surface area contributed by atoms with Gasteiger partial charge in [0.05, 0.1) is 16.9 Å². The lowest BCUT2D eigenvalue weighted by atomic mass is 10.1. The molecule has 22 heavy (non-hydrogen) atoms. The Balaban J connectivity index is 1.86. The standard InChI is InChI=1S/C15H16Cl2N4O/c1-9-13(10(2)20-19-9)5-6-15(22)21-18-8-11-3-4-12(16)7-14(11)17/h3-4,7-8H,5-6H2,1-2H3,(H,19,20)(H,21,22)/b18-8-. The Morgan fingerprint density at radius 3 is 2.82 bits per heavy atom. The lowest BCUT2D eigenvalue weighted by molar-refractivity contribution is -0.121. The molecular weight excluding hydrogens is 323 g/mol. The molecule has 1 heterocycles. The van der Waals surface area contributed by atoms with Crippen molar-refractivity contribution in [2.75, 3.05) is 0 Å². The number of aromatic nitrogens is 2. The lowest BCUT2D eigenvalue weighted by Crippen LogP contribution is -2.18. The van der Waals surface area contributed by atoms with Crippen LogP contribution in [0.4, 0.5) is 0 Å². The summed E-state index contributed by atoms with van der Waals surface area (Å²) in [4.78, 5) is 11.8. The molecule has 116 valence electrons. The van der Waals surface area contributed by atoms with Crippen molar-refractivity contribution < 1.29 is 4.79 Å². The number of amides is 1. The van der Waals surface area contributed by atoms with Gasteiger partial charge in [0.25, 0.3) is 0 Å². The first-order valence-electron chi connectivity index (χ1n) is 6.74. The molecule has 0 aliphatic rings. The third kappa shape index (κ3) is 4.32. The van der Waals surface area contributed by atoms with Gasteiger partial charge in [-0.05, 0) is 38.0 Å². The van der Waals surface area contributed by atoms with Gasteiger partial charge in [0.1, 0.15) is 0 Å². The van der Waals surface area contributed by atoms with E-state index in [9.17, 15) is 4.79 Å². The number of hydrogen-bond acceptors (Lipinski definition) is 3. The first kappa shape index (κ1) is 16.5. The molecule has 0 spiro atoms. The summed E-state index contributed by atoms with van der Waals surface area (Å²) in [6.07, 6.45) is 2.45. The number of nitrogens with zero attached hydrogens (tertiary/aromatic N) is 2. The fourth-order valence-corrected chi connectivity index (χ4v) is 2.47. The van der Waals surface area contributed by atoms with E-state index < -0.39 is 0 Å². The van der Waals surface area contributed by atoms with E-state index in [1.54, 1.807) is 18.2 Å². The van der Waals surface area contributed by atoms with Gasteiger partial charge < -0.3 is 0 Å². The van der Waals surface area contributed by atoms with Gasteiger partial charge in [-0.2, -0.15) is 10.2 Å². The largest absolute Gasteiger partial charge is 0.282 e. The summed E-state index contributed by atoms with van der Waals surface area (Å²) < 4.78 is 0. The smallest absolute Gasteiger partial charge is 0.240 e. The van der Waals surface area contributed by atoms with Crippen LogP contribution in [0, 0.1) is 13.8 Å². The van der Waals surface area contributed by atoms with Crippen LogP contribution in [0.3, 0.4) is 0 Å². The minimum Gasteiger partial charge on any atom is -0.282 e. The second-order valence-electron chi connectivity index (χ2n) is 4.87. The monoisotopic (exact) mass is 338 g/mol. The van der Waals surface area contributed by atoms with Gasteiger partial charge in [-0.25, -0.2) is 5.43 Å². The maximum Gasteiger partial charge on any atom is 0.240 e. The average Bonchev–Trinajstić information content (AvgIpc) is 2.78. The molecule has 7 heteroatoms. The van der Waals surface area contributed by atoms with Gasteiger partial charge in [-0.3, -0.25) is 9.89 Å². The summed E-state index contributed by atoms with van der Waals surface area (Å²) in [6.45, 7) is 3.85. The second kappa shape index (κ2) is 7.42. The maximum absolute atomic E-state index is 11.8. The van der Waals surface area contributed by atoms with Crippen molar-refractivity contribution >= 4 is 35.3 Å². The number of halogens is 2. The zero-order chi connectivity index (χ0) is 16.1. The van der Waals surface area contributed by atoms with Gasteiger partial charge in [-0.1, -0.05) is 29.3 Å². The van der Waals surface area contributed by atoms with Gasteiger partial charge in [-0.15, -0.1) is 0 Å². The van der Waals surface area contributed by atoms with Crippen molar-refractivity contribution in [3.8, 4) is 0 Å². The third-order valence-corrected chi connectivity index (χ3v) is 3.80. The van der Waals surface area contributed by atoms with Crippen molar-refractivity contribution in [2.45, 2.75) is 26.7 Å². The highest BCUT2D eigenvalue weighted by molar-refractivity contribution is 6.36. The number of H-pyrrole nitrogens is 1. The molecule has 0 saturated heterocycles. The van der Waals surface area contributed by atoms with Crippen LogP contribution in [0.1, 0.15) is 28.9 Å². The number of hydrazone groups is 1. The topological polar surface area (TPSA) is 70.1 Å². The zero-order valence-corrected chi connectivity index (χ0v) is 13.8. The number of carbonyl (C=O) groups is 1. The summed E-state index contributed by atoms with van der Waals surface area (Å²) in [7, 11) is 0. The van der Waals surface area contributed by atoms with Crippen molar-refractivity contribution in [1.29, 1.82) is 0 Å². The van der Waals surface area contributed by atoms with Crippen LogP contribution in [-0.4, -0.2) is 22.3 Å². The van der Waals surface area contributed by atoms with E-state index in [4.69, 9.17) is 23.2 Å². The molecule has 0 aliphatic heterocycles. The van der Waals surface area contributed by atoms with E-state index in [2.05, 4.69) is 20.7 Å². The van der Waals surface area contributed by atoms with Crippen LogP contribution in [0.15, 0.2) is 23.3 Å². The summed E-state index contributed by atoms with van der Waals surface area (Å²) in [5.74, 6) is -0.165. The van der Waals surface area contributed by atoms with Crippen molar-refractivity contribution in [2.24, 2.45) is 5.10 Å². The van der Waals surface area contributed by atoms with Crippen molar-refractivity contribution in [1.82, 2.24) is 15.6 Å². The third-order valence-electron chi connectivity index (χ3n) is 3.24. The molecule has 0 atom stereocenters. The van der Waals surface area contributed by atoms with Crippen molar-refractivity contribution in [3.05, 3.63) is 50.8 Å². The molecule has 1 aromatic carbocycles. The first-order chi connectivity index (χ1) is 10.5. The normalized spacial score (nSPS) is 11.1. The molecule has 5 nitrogen and oxygen atoms in total. The molecule has 2 N–H and O–H groups in total. The number of rotatable bonds is 5. The minimum absolute atomic E-state index is 0.165. The number of nitrogens with one attached hydrogen (secondary N) is 2. The van der Waals surface area contributed by atoms with Gasteiger partial charge >= 0.3 is 0 Å². The zero-order valence-electron chi connectivity index (χ0n) is 12.3. The summed E-state index contributed by atoms with van der Waals surface area (Å²) in [5.41, 5.74) is 6.15. The van der Waals surface area contributed by atoms with E-state index in [0.29, 0.717) is 28.5 Å². The van der Waals surface area contributed by atoms with Crippen LogP contribution in [-0.2, 0) is 11.2 Å². The molecular formula is C15H16Cl2N4O. The van der Waals surface area contributed by atoms with E-state index in [0.717, 1.165) is 17.0 Å². The van der Waals surface area contributed by atoms with E-state index in [-0.39, 0.29) is 5.91 Å². The van der Waals surface area contributed by atoms with Crippen LogP contribution < -0.4 is 5.43 Å². The number of aromatic amines is 1. The highest BCUT2D eigenvalue weighted by Gasteiger charge is 2.08. The predicted octanol–water partition coefficient (Wildman–Crippen LogP) is 3.42. The fourth-order valence-electron chi connectivity index (χ4n) is 2.02. The average molecular weight is 339 g/mol. The van der Waals surface area contributed by atoms with Crippen LogP contribution >= 0.6 is 23.2 Å². The lowest BCUT2D eigenvalue weighted by Gasteiger charge is -2.02. The Bertz CT molecular complexity index is 690. The Morgan fingerprint density at radius 2 is 2.18 bits per heavy atom. The second-order valence-corrected chi connectivity index (χ2v) is 5.72. The number of carbonyl (C=O) groups excluding carboxylic acids is 1. The molecule has 0 fully saturated rings. The number of hydrogen-bond donors (Lipinski definition) is 2. The predicted molar refractivity (Wildman–Crippen MR) is 88.6 cm³/mol. The maximum atomic E-state index is 11.8. The number of benzene rings is 1. The summed E-state index contributed by atoms with van der Waals surface area (Å²) in [5, 5.41) is 11.9. The molecule has 0 saturated carbocycles. The van der Waals surface area contributed by atoms with Crippen LogP contribution in [0.25, 0.3) is 0 Å². The Hall–Kier alpha value is -1.85. The molecule has 0 unspecified atom stereocenters. The van der Waals surface area contributed by atoms with E-state index in [1.165, 1.54) is 6.21 Å². The highest BCUT2D eigenvalue weighted by atomic mass is 35.5. The molecule has 0 radical (unpaired) electrons. The molecule has 2 rings (SSSR count). The van der Waals surface area contributed by atoms with Crippen LogP contribution in [0.2, 0.25) is 10.0 Å². The van der Waals surface area contributed by atoms with E-state index >= 15 is 0 Å². The number of aryl methyl sites for hydroxylation is 2. The molecule has 1 aromatic heterocycles. The fraction of sp³-hybridized carbons (Fsp3) is 0.267. The van der Waals surface area contributed by atoms with E-state index in [1.807, 2.05) is 13.8 Å². The summed E-state index contributed by atoms with van der Waals surface area (Å²) >= 11 is 11.8. The molecule has 1 amide bonds. The molecule has 0 aliphatic carbocycles. The first-order valence-corrected chi connectivity index (χ1v) is 7.50. The Morgan fingerprint density at radius 1 is 1.41 bits per heavy atom. The quantitative estimate of drug-likeness (QED) is 0.647. The van der Waals surface area contributed by atoms with Crippen molar-refractivity contribution in [3.63, 3.8) is 0 Å².